The monoisotopic (exact) mass is 461 g/mol. The lowest BCUT2D eigenvalue weighted by Gasteiger charge is -2.44. The Morgan fingerprint density at radius 2 is 1.61 bits per heavy atom. The summed E-state index contributed by atoms with van der Waals surface area (Å²) in [6.45, 7) is 14.6. The number of rotatable bonds is 9. The first-order valence-electron chi connectivity index (χ1n) is 8.91. The van der Waals surface area contributed by atoms with E-state index < -0.39 is 8.24 Å². The zero-order valence-corrected chi connectivity index (χ0v) is 19.7. The van der Waals surface area contributed by atoms with Crippen molar-refractivity contribution in [2.24, 2.45) is 0 Å². The Hall–Kier alpha value is 0.197. The van der Waals surface area contributed by atoms with E-state index in [-0.39, 0.29) is 0 Å². The van der Waals surface area contributed by atoms with Gasteiger partial charge in [0.15, 0.2) is 8.24 Å². The quantitative estimate of drug-likeness (QED) is 0.260. The Balaban J connectivity index is 2.81. The zero-order valence-electron chi connectivity index (χ0n) is 15.6. The van der Waals surface area contributed by atoms with Crippen LogP contribution >= 0.6 is 31.9 Å². The molecule has 0 radical (unpaired) electrons. The van der Waals surface area contributed by atoms with Gasteiger partial charge in [0.2, 0.25) is 0 Å². The second-order valence-corrected chi connectivity index (χ2v) is 16.0. The lowest BCUT2D eigenvalue weighted by Crippen LogP contribution is -2.51. The van der Waals surface area contributed by atoms with Crippen molar-refractivity contribution in [2.45, 2.75) is 83.8 Å². The smallest absolute Gasteiger partial charge is 0.168 e. The van der Waals surface area contributed by atoms with E-state index in [1.807, 2.05) is 0 Å². The Morgan fingerprint density at radius 1 is 1.04 bits per heavy atom. The van der Waals surface area contributed by atoms with Crippen molar-refractivity contribution < 1.29 is 0 Å². The first-order chi connectivity index (χ1) is 10.7. The number of hydrogen-bond acceptors (Lipinski definition) is 0. The van der Waals surface area contributed by atoms with Gasteiger partial charge in [-0.3, -0.25) is 0 Å². The molecule has 1 aromatic heterocycles. The van der Waals surface area contributed by atoms with Gasteiger partial charge in [-0.05, 0) is 98.2 Å². The minimum atomic E-state index is -1.56. The molecule has 0 aromatic carbocycles. The highest BCUT2D eigenvalue weighted by atomic mass is 79.9. The second kappa shape index (κ2) is 9.62. The molecule has 1 nitrogen and oxygen atoms in total. The Labute approximate surface area is 161 Å². The summed E-state index contributed by atoms with van der Waals surface area (Å²) in [5.41, 5.74) is 3.77. The third-order valence-electron chi connectivity index (χ3n) is 5.19. The van der Waals surface area contributed by atoms with Crippen LogP contribution in [0.2, 0.25) is 16.6 Å². The van der Waals surface area contributed by atoms with Gasteiger partial charge in [0.25, 0.3) is 0 Å². The molecule has 1 rings (SSSR count). The molecule has 4 heteroatoms. The molecule has 23 heavy (non-hydrogen) atoms. The lowest BCUT2D eigenvalue weighted by atomic mass is 10.1. The van der Waals surface area contributed by atoms with Crippen LogP contribution in [0.25, 0.3) is 0 Å². The van der Waals surface area contributed by atoms with Crippen molar-refractivity contribution in [3.8, 4) is 0 Å². The number of unbranched alkanes of at least 4 members (excludes halogenated alkanes) is 2. The zero-order chi connectivity index (χ0) is 17.6. The first kappa shape index (κ1) is 21.2. The third kappa shape index (κ3) is 5.33. The maximum Gasteiger partial charge on any atom is 0.168 e. The molecule has 0 saturated heterocycles. The van der Waals surface area contributed by atoms with Crippen LogP contribution in [0.4, 0.5) is 0 Å². The molecule has 0 aliphatic carbocycles. The van der Waals surface area contributed by atoms with E-state index in [2.05, 4.69) is 102 Å². The summed E-state index contributed by atoms with van der Waals surface area (Å²) in [4.78, 5) is 0. The van der Waals surface area contributed by atoms with Gasteiger partial charge in [0.1, 0.15) is 0 Å². The van der Waals surface area contributed by atoms with E-state index >= 15 is 0 Å². The highest BCUT2D eigenvalue weighted by molar-refractivity contribution is 9.28. The predicted molar refractivity (Wildman–Crippen MR) is 114 cm³/mol. The van der Waals surface area contributed by atoms with Gasteiger partial charge in [-0.15, -0.1) is 0 Å². The SMILES string of the molecule is CC(C)[Si](C(C)C)(C(C)C)n1ccc(CCCCC=C(Br)Br)c1. The van der Waals surface area contributed by atoms with E-state index in [1.54, 1.807) is 0 Å². The van der Waals surface area contributed by atoms with E-state index in [4.69, 9.17) is 0 Å². The van der Waals surface area contributed by atoms with Crippen molar-refractivity contribution in [2.75, 3.05) is 0 Å². The highest BCUT2D eigenvalue weighted by Gasteiger charge is 2.44. The van der Waals surface area contributed by atoms with Gasteiger partial charge in [-0.25, -0.2) is 0 Å². The molecule has 0 aliphatic heterocycles. The summed E-state index contributed by atoms with van der Waals surface area (Å²) in [6, 6.07) is 2.35. The van der Waals surface area contributed by atoms with Gasteiger partial charge in [0, 0.05) is 0 Å². The summed E-state index contributed by atoms with van der Waals surface area (Å²) in [6.07, 6.45) is 11.9. The average Bonchev–Trinajstić information content (AvgIpc) is 2.86. The minimum absolute atomic E-state index is 0.754. The Morgan fingerprint density at radius 3 is 2.09 bits per heavy atom. The van der Waals surface area contributed by atoms with Crippen molar-refractivity contribution >= 4 is 40.1 Å². The fourth-order valence-corrected chi connectivity index (χ4v) is 11.4. The normalized spacial score (nSPS) is 12.5. The van der Waals surface area contributed by atoms with Crippen LogP contribution in [-0.4, -0.2) is 12.5 Å². The molecule has 0 fully saturated rings. The van der Waals surface area contributed by atoms with Crippen LogP contribution in [0.15, 0.2) is 27.9 Å². The molecule has 0 atom stereocenters. The maximum absolute atomic E-state index is 3.42. The summed E-state index contributed by atoms with van der Waals surface area (Å²) in [5.74, 6) is 0. The molecular weight excluding hydrogens is 430 g/mol. The van der Waals surface area contributed by atoms with Crippen molar-refractivity contribution in [3.63, 3.8) is 0 Å². The molecule has 0 aliphatic rings. The number of aryl methyl sites for hydroxylation is 1. The molecule has 0 spiro atoms. The molecule has 0 N–H and O–H groups in total. The molecule has 1 aromatic rings. The Bertz CT molecular complexity index is 477. The molecule has 0 saturated carbocycles. The van der Waals surface area contributed by atoms with E-state index in [1.165, 1.54) is 24.8 Å². The molecule has 132 valence electrons. The Kier molecular flexibility index (Phi) is 8.88. The summed E-state index contributed by atoms with van der Waals surface area (Å²) in [5, 5.41) is 0. The predicted octanol–water partition coefficient (Wildman–Crippen LogP) is 7.86. The van der Waals surface area contributed by atoms with Crippen LogP contribution < -0.4 is 0 Å². The van der Waals surface area contributed by atoms with E-state index in [0.29, 0.717) is 0 Å². The molecule has 0 bridgehead atoms. The van der Waals surface area contributed by atoms with Crippen LogP contribution in [0.3, 0.4) is 0 Å². The number of aromatic nitrogens is 1. The lowest BCUT2D eigenvalue weighted by molar-refractivity contribution is 0.743. The van der Waals surface area contributed by atoms with Crippen molar-refractivity contribution in [3.05, 3.63) is 33.5 Å². The van der Waals surface area contributed by atoms with Crippen LogP contribution in [0.1, 0.15) is 66.4 Å². The van der Waals surface area contributed by atoms with Crippen molar-refractivity contribution in [1.29, 1.82) is 0 Å². The minimum Gasteiger partial charge on any atom is -0.379 e. The van der Waals surface area contributed by atoms with Gasteiger partial charge in [-0.1, -0.05) is 47.6 Å². The number of hydrogen-bond donors (Lipinski definition) is 0. The molecular formula is C19H33Br2NSi. The molecule has 0 unspecified atom stereocenters. The summed E-state index contributed by atoms with van der Waals surface area (Å²) in [7, 11) is -1.56. The third-order valence-corrected chi connectivity index (χ3v) is 12.6. The molecule has 1 heterocycles. The van der Waals surface area contributed by atoms with Crippen LogP contribution in [-0.2, 0) is 6.42 Å². The number of allylic oxidation sites excluding steroid dienone is 1. The van der Waals surface area contributed by atoms with Crippen molar-refractivity contribution in [1.82, 2.24) is 4.23 Å². The summed E-state index contributed by atoms with van der Waals surface area (Å²) >= 11 is 6.83. The van der Waals surface area contributed by atoms with Gasteiger partial charge < -0.3 is 4.23 Å². The van der Waals surface area contributed by atoms with Crippen LogP contribution in [0, 0.1) is 0 Å². The maximum atomic E-state index is 3.42. The topological polar surface area (TPSA) is 4.93 Å². The first-order valence-corrected chi connectivity index (χ1v) is 12.7. The van der Waals surface area contributed by atoms with E-state index in [0.717, 1.165) is 26.4 Å². The van der Waals surface area contributed by atoms with Gasteiger partial charge >= 0.3 is 0 Å². The van der Waals surface area contributed by atoms with E-state index in [9.17, 15) is 0 Å². The largest absolute Gasteiger partial charge is 0.379 e. The number of halogens is 2. The second-order valence-electron chi connectivity index (χ2n) is 7.52. The average molecular weight is 463 g/mol. The van der Waals surface area contributed by atoms with Crippen LogP contribution in [0.5, 0.6) is 0 Å². The fourth-order valence-electron chi connectivity index (χ4n) is 4.41. The fraction of sp³-hybridized carbons (Fsp3) is 0.684. The molecule has 0 amide bonds. The number of nitrogens with zero attached hydrogens (tertiary/aromatic N) is 1. The van der Waals surface area contributed by atoms with Gasteiger partial charge in [-0.2, -0.15) is 0 Å². The standard InChI is InChI=1S/C19H33Br2NSi/c1-15(2)23(16(3)4,17(5)6)22-13-12-18(14-22)10-8-7-9-11-19(20)21/h11-17H,7-10H2,1-6H3. The highest BCUT2D eigenvalue weighted by Crippen LogP contribution is 2.42. The van der Waals surface area contributed by atoms with Gasteiger partial charge in [0.05, 0.1) is 3.39 Å². The summed E-state index contributed by atoms with van der Waals surface area (Å²) < 4.78 is 3.72.